The standard InChI is InChI=1S/C19H20BrNO4/c1-11(22)15-9-13(20)10-16(17(15)21)24-14-7-5-12(6-8-14)18(23)25-19(2,3)4/h5-10H,21H2,1-4H3. The number of Topliss-reactive ketones (excluding diaryl/α,β-unsaturated/α-hetero) is 1. The lowest BCUT2D eigenvalue weighted by molar-refractivity contribution is 0.00694. The Morgan fingerprint density at radius 3 is 2.20 bits per heavy atom. The molecule has 0 atom stereocenters. The summed E-state index contributed by atoms with van der Waals surface area (Å²) in [6.45, 7) is 6.87. The summed E-state index contributed by atoms with van der Waals surface area (Å²) in [6, 6.07) is 9.85. The lowest BCUT2D eigenvalue weighted by atomic mass is 10.1. The summed E-state index contributed by atoms with van der Waals surface area (Å²) in [5.41, 5.74) is 6.53. The maximum absolute atomic E-state index is 12.0. The number of hydrogen-bond acceptors (Lipinski definition) is 5. The molecule has 5 nitrogen and oxygen atoms in total. The molecule has 0 aliphatic heterocycles. The molecule has 0 heterocycles. The highest BCUT2D eigenvalue weighted by molar-refractivity contribution is 9.10. The molecule has 0 spiro atoms. The van der Waals surface area contributed by atoms with Crippen molar-refractivity contribution < 1.29 is 19.1 Å². The normalized spacial score (nSPS) is 11.1. The van der Waals surface area contributed by atoms with Crippen molar-refractivity contribution in [1.82, 2.24) is 0 Å². The fourth-order valence-electron chi connectivity index (χ4n) is 2.09. The van der Waals surface area contributed by atoms with Gasteiger partial charge in [0, 0.05) is 10.0 Å². The van der Waals surface area contributed by atoms with E-state index in [-0.39, 0.29) is 11.5 Å². The van der Waals surface area contributed by atoms with Crippen LogP contribution in [-0.4, -0.2) is 17.4 Å². The van der Waals surface area contributed by atoms with Crippen LogP contribution in [0.1, 0.15) is 48.4 Å². The van der Waals surface area contributed by atoms with Crippen molar-refractivity contribution in [2.24, 2.45) is 0 Å². The van der Waals surface area contributed by atoms with Crippen LogP contribution in [0.4, 0.5) is 5.69 Å². The van der Waals surface area contributed by atoms with Crippen molar-refractivity contribution >= 4 is 33.4 Å². The topological polar surface area (TPSA) is 78.6 Å². The van der Waals surface area contributed by atoms with E-state index in [4.69, 9.17) is 15.2 Å². The largest absolute Gasteiger partial charge is 0.456 e. The van der Waals surface area contributed by atoms with E-state index in [9.17, 15) is 9.59 Å². The molecule has 0 unspecified atom stereocenters. The second kappa shape index (κ2) is 7.27. The Hall–Kier alpha value is -2.34. The number of anilines is 1. The molecule has 0 aliphatic rings. The number of carbonyl (C=O) groups is 2. The minimum absolute atomic E-state index is 0.149. The molecular formula is C19H20BrNO4. The maximum Gasteiger partial charge on any atom is 0.338 e. The second-order valence-electron chi connectivity index (χ2n) is 6.55. The maximum atomic E-state index is 12.0. The van der Waals surface area contributed by atoms with Crippen LogP contribution in [0.3, 0.4) is 0 Å². The number of halogens is 1. The minimum Gasteiger partial charge on any atom is -0.456 e. The van der Waals surface area contributed by atoms with Crippen LogP contribution in [0.2, 0.25) is 0 Å². The van der Waals surface area contributed by atoms with Crippen molar-refractivity contribution in [3.8, 4) is 11.5 Å². The highest BCUT2D eigenvalue weighted by Gasteiger charge is 2.18. The van der Waals surface area contributed by atoms with E-state index in [0.29, 0.717) is 27.1 Å². The monoisotopic (exact) mass is 405 g/mol. The fourth-order valence-corrected chi connectivity index (χ4v) is 2.53. The SMILES string of the molecule is CC(=O)c1cc(Br)cc(Oc2ccc(C(=O)OC(C)(C)C)cc2)c1N. The predicted molar refractivity (Wildman–Crippen MR) is 100 cm³/mol. The fraction of sp³-hybridized carbons (Fsp3) is 0.263. The van der Waals surface area contributed by atoms with Gasteiger partial charge in [0.25, 0.3) is 0 Å². The van der Waals surface area contributed by atoms with Crippen LogP contribution in [0.15, 0.2) is 40.9 Å². The molecule has 2 aromatic rings. The number of hydrogen-bond donors (Lipinski definition) is 1. The third-order valence-electron chi connectivity index (χ3n) is 3.20. The molecule has 0 bridgehead atoms. The Morgan fingerprint density at radius 1 is 1.08 bits per heavy atom. The van der Waals surface area contributed by atoms with E-state index in [1.165, 1.54) is 6.92 Å². The Labute approximate surface area is 155 Å². The summed E-state index contributed by atoms with van der Waals surface area (Å²) in [5, 5.41) is 0. The molecule has 25 heavy (non-hydrogen) atoms. The van der Waals surface area contributed by atoms with E-state index in [0.717, 1.165) is 0 Å². The lowest BCUT2D eigenvalue weighted by Gasteiger charge is -2.19. The van der Waals surface area contributed by atoms with Gasteiger partial charge in [0.05, 0.1) is 11.3 Å². The Kier molecular flexibility index (Phi) is 5.52. The first-order chi connectivity index (χ1) is 11.6. The van der Waals surface area contributed by atoms with Gasteiger partial charge in [0.2, 0.25) is 0 Å². The zero-order valence-corrected chi connectivity index (χ0v) is 16.1. The average Bonchev–Trinajstić information content (AvgIpc) is 2.49. The summed E-state index contributed by atoms with van der Waals surface area (Å²) in [4.78, 5) is 23.7. The van der Waals surface area contributed by atoms with Gasteiger partial charge in [-0.15, -0.1) is 0 Å². The number of rotatable bonds is 4. The summed E-state index contributed by atoms with van der Waals surface area (Å²) in [5.74, 6) is 0.306. The van der Waals surface area contributed by atoms with Crippen LogP contribution >= 0.6 is 15.9 Å². The van der Waals surface area contributed by atoms with E-state index < -0.39 is 11.6 Å². The number of nitrogens with two attached hydrogens (primary N) is 1. The van der Waals surface area contributed by atoms with Crippen molar-refractivity contribution in [2.75, 3.05) is 5.73 Å². The molecule has 0 aromatic heterocycles. The van der Waals surface area contributed by atoms with E-state index in [1.807, 2.05) is 20.8 Å². The first-order valence-corrected chi connectivity index (χ1v) is 8.47. The summed E-state index contributed by atoms with van der Waals surface area (Å²) in [6.07, 6.45) is 0. The zero-order valence-electron chi connectivity index (χ0n) is 14.6. The van der Waals surface area contributed by atoms with Crippen molar-refractivity contribution in [2.45, 2.75) is 33.3 Å². The first kappa shape index (κ1) is 19.0. The number of nitrogen functional groups attached to an aromatic ring is 1. The number of ether oxygens (including phenoxy) is 2. The molecule has 2 rings (SSSR count). The number of benzene rings is 2. The van der Waals surface area contributed by atoms with Gasteiger partial charge in [-0.25, -0.2) is 4.79 Å². The molecule has 0 saturated heterocycles. The van der Waals surface area contributed by atoms with Gasteiger partial charge in [-0.1, -0.05) is 15.9 Å². The Bertz CT molecular complexity index is 807. The highest BCUT2D eigenvalue weighted by Crippen LogP contribution is 2.34. The van der Waals surface area contributed by atoms with Gasteiger partial charge in [0.1, 0.15) is 11.4 Å². The van der Waals surface area contributed by atoms with Gasteiger partial charge in [-0.2, -0.15) is 0 Å². The van der Waals surface area contributed by atoms with Crippen LogP contribution < -0.4 is 10.5 Å². The molecule has 6 heteroatoms. The first-order valence-electron chi connectivity index (χ1n) is 7.68. The second-order valence-corrected chi connectivity index (χ2v) is 7.47. The highest BCUT2D eigenvalue weighted by atomic mass is 79.9. The van der Waals surface area contributed by atoms with Gasteiger partial charge < -0.3 is 15.2 Å². The van der Waals surface area contributed by atoms with Gasteiger partial charge in [0.15, 0.2) is 11.5 Å². The van der Waals surface area contributed by atoms with Crippen LogP contribution in [0.5, 0.6) is 11.5 Å². The van der Waals surface area contributed by atoms with E-state index >= 15 is 0 Å². The molecular weight excluding hydrogens is 386 g/mol. The van der Waals surface area contributed by atoms with Crippen molar-refractivity contribution in [1.29, 1.82) is 0 Å². The Morgan fingerprint density at radius 2 is 1.68 bits per heavy atom. The Balaban J connectivity index is 2.22. The van der Waals surface area contributed by atoms with Gasteiger partial charge in [-0.3, -0.25) is 4.79 Å². The average molecular weight is 406 g/mol. The molecule has 0 fully saturated rings. The van der Waals surface area contributed by atoms with Gasteiger partial charge >= 0.3 is 5.97 Å². The molecule has 2 aromatic carbocycles. The third-order valence-corrected chi connectivity index (χ3v) is 3.66. The van der Waals surface area contributed by atoms with Crippen LogP contribution in [0.25, 0.3) is 0 Å². The summed E-state index contributed by atoms with van der Waals surface area (Å²) in [7, 11) is 0. The van der Waals surface area contributed by atoms with Crippen LogP contribution in [0, 0.1) is 0 Å². The zero-order chi connectivity index (χ0) is 18.8. The number of esters is 1. The van der Waals surface area contributed by atoms with Crippen LogP contribution in [-0.2, 0) is 4.74 Å². The predicted octanol–water partition coefficient (Wildman–Crippen LogP) is 4.98. The molecule has 0 saturated carbocycles. The smallest absolute Gasteiger partial charge is 0.338 e. The number of ketones is 1. The minimum atomic E-state index is -0.555. The van der Waals surface area contributed by atoms with E-state index in [1.54, 1.807) is 36.4 Å². The quantitative estimate of drug-likeness (QED) is 0.440. The molecule has 0 radical (unpaired) electrons. The number of carbonyl (C=O) groups excluding carboxylic acids is 2. The summed E-state index contributed by atoms with van der Waals surface area (Å²) >= 11 is 3.34. The van der Waals surface area contributed by atoms with E-state index in [2.05, 4.69) is 15.9 Å². The van der Waals surface area contributed by atoms with Crippen molar-refractivity contribution in [3.05, 3.63) is 52.0 Å². The molecule has 0 aliphatic carbocycles. The third kappa shape index (κ3) is 5.06. The van der Waals surface area contributed by atoms with Gasteiger partial charge in [-0.05, 0) is 64.1 Å². The molecule has 2 N–H and O–H groups in total. The lowest BCUT2D eigenvalue weighted by Crippen LogP contribution is -2.23. The molecule has 132 valence electrons. The molecule has 0 amide bonds. The van der Waals surface area contributed by atoms with Crippen molar-refractivity contribution in [3.63, 3.8) is 0 Å². The summed E-state index contributed by atoms with van der Waals surface area (Å²) < 4.78 is 11.8.